The van der Waals surface area contributed by atoms with Gasteiger partial charge < -0.3 is 10.6 Å². The van der Waals surface area contributed by atoms with Crippen LogP contribution in [0.15, 0.2) is 0 Å². The first-order chi connectivity index (χ1) is 9.36. The van der Waals surface area contributed by atoms with Crippen LogP contribution in [0.4, 0.5) is 0 Å². The summed E-state index contributed by atoms with van der Waals surface area (Å²) in [6.45, 7) is 6.93. The van der Waals surface area contributed by atoms with Crippen molar-refractivity contribution in [2.24, 2.45) is 11.3 Å². The Morgan fingerprint density at radius 3 is 2.50 bits per heavy atom. The van der Waals surface area contributed by atoms with Crippen LogP contribution in [0.1, 0.15) is 65.7 Å². The largest absolute Gasteiger partial charge is 0.352 e. The molecule has 1 aliphatic carbocycles. The highest BCUT2D eigenvalue weighted by molar-refractivity contribution is 5.90. The maximum atomic E-state index is 12.1. The third kappa shape index (κ3) is 3.97. The van der Waals surface area contributed by atoms with Crippen LogP contribution in [0.5, 0.6) is 0 Å². The van der Waals surface area contributed by atoms with Gasteiger partial charge in [0.15, 0.2) is 0 Å². The number of amides is 2. The van der Waals surface area contributed by atoms with E-state index >= 15 is 0 Å². The molecule has 2 rings (SSSR count). The lowest BCUT2D eigenvalue weighted by Gasteiger charge is -2.29. The Hall–Kier alpha value is -1.06. The summed E-state index contributed by atoms with van der Waals surface area (Å²) in [4.78, 5) is 23.3. The van der Waals surface area contributed by atoms with Crippen molar-refractivity contribution in [3.05, 3.63) is 0 Å². The molecule has 1 saturated heterocycles. The van der Waals surface area contributed by atoms with Gasteiger partial charge in [0, 0.05) is 12.5 Å². The zero-order chi connectivity index (χ0) is 14.8. The van der Waals surface area contributed by atoms with Crippen LogP contribution >= 0.6 is 0 Å². The summed E-state index contributed by atoms with van der Waals surface area (Å²) in [7, 11) is 0. The fourth-order valence-electron chi connectivity index (χ4n) is 3.42. The van der Waals surface area contributed by atoms with Crippen LogP contribution in [-0.4, -0.2) is 23.9 Å². The summed E-state index contributed by atoms with van der Waals surface area (Å²) in [6.07, 6.45) is 6.88. The second kappa shape index (κ2) is 6.15. The number of rotatable bonds is 2. The second-order valence-corrected chi connectivity index (χ2v) is 7.44. The molecule has 20 heavy (non-hydrogen) atoms. The monoisotopic (exact) mass is 280 g/mol. The zero-order valence-corrected chi connectivity index (χ0v) is 13.0. The summed E-state index contributed by atoms with van der Waals surface area (Å²) < 4.78 is 0. The third-order valence-corrected chi connectivity index (χ3v) is 4.85. The summed E-state index contributed by atoms with van der Waals surface area (Å²) in [5, 5.41) is 5.88. The Labute approximate surface area is 122 Å². The maximum Gasteiger partial charge on any atom is 0.242 e. The molecule has 0 aromatic heterocycles. The minimum Gasteiger partial charge on any atom is -0.352 e. The Bertz CT molecular complexity index is 373. The van der Waals surface area contributed by atoms with Crippen molar-refractivity contribution >= 4 is 11.8 Å². The van der Waals surface area contributed by atoms with Crippen molar-refractivity contribution in [2.75, 3.05) is 0 Å². The Morgan fingerprint density at radius 2 is 1.90 bits per heavy atom. The van der Waals surface area contributed by atoms with E-state index in [1.807, 2.05) is 0 Å². The number of carbonyl (C=O) groups excluding carboxylic acids is 2. The Kier molecular flexibility index (Phi) is 4.71. The van der Waals surface area contributed by atoms with Gasteiger partial charge in [0.05, 0.1) is 0 Å². The minimum absolute atomic E-state index is 0.00110. The Balaban J connectivity index is 1.82. The van der Waals surface area contributed by atoms with Crippen molar-refractivity contribution in [3.63, 3.8) is 0 Å². The topological polar surface area (TPSA) is 58.2 Å². The first-order valence-electron chi connectivity index (χ1n) is 7.96. The fraction of sp³-hybridized carbons (Fsp3) is 0.875. The van der Waals surface area contributed by atoms with E-state index in [4.69, 9.17) is 0 Å². The van der Waals surface area contributed by atoms with Crippen LogP contribution < -0.4 is 10.6 Å². The van der Waals surface area contributed by atoms with Crippen LogP contribution in [-0.2, 0) is 9.59 Å². The van der Waals surface area contributed by atoms with Gasteiger partial charge in [-0.3, -0.25) is 9.59 Å². The van der Waals surface area contributed by atoms with Gasteiger partial charge in [-0.15, -0.1) is 0 Å². The smallest absolute Gasteiger partial charge is 0.242 e. The molecule has 0 aromatic carbocycles. The van der Waals surface area contributed by atoms with E-state index in [9.17, 15) is 9.59 Å². The summed E-state index contributed by atoms with van der Waals surface area (Å²) in [5.74, 6) is 0.754. The lowest BCUT2D eigenvalue weighted by molar-refractivity contribution is -0.126. The van der Waals surface area contributed by atoms with Crippen LogP contribution in [0.2, 0.25) is 0 Å². The molecule has 0 aromatic rings. The third-order valence-electron chi connectivity index (χ3n) is 4.85. The van der Waals surface area contributed by atoms with Crippen molar-refractivity contribution in [3.8, 4) is 0 Å². The molecule has 3 atom stereocenters. The molecule has 2 N–H and O–H groups in total. The molecule has 1 heterocycles. The normalized spacial score (nSPS) is 31.6. The molecule has 1 aliphatic heterocycles. The van der Waals surface area contributed by atoms with E-state index in [0.29, 0.717) is 18.3 Å². The highest BCUT2D eigenvalue weighted by Crippen LogP contribution is 2.36. The van der Waals surface area contributed by atoms with Gasteiger partial charge in [0.1, 0.15) is 6.04 Å². The zero-order valence-electron chi connectivity index (χ0n) is 13.0. The van der Waals surface area contributed by atoms with Crippen molar-refractivity contribution in [1.82, 2.24) is 10.6 Å². The summed E-state index contributed by atoms with van der Waals surface area (Å²) in [6, 6.07) is -0.0171. The first-order valence-corrected chi connectivity index (χ1v) is 7.96. The van der Waals surface area contributed by atoms with Gasteiger partial charge in [0.25, 0.3) is 0 Å². The molecule has 0 unspecified atom stereocenters. The highest BCUT2D eigenvalue weighted by atomic mass is 16.2. The van der Waals surface area contributed by atoms with Gasteiger partial charge in [-0.05, 0) is 43.4 Å². The molecular weight excluding hydrogens is 252 g/mol. The second-order valence-electron chi connectivity index (χ2n) is 7.44. The molecule has 1 saturated carbocycles. The number of hydrogen-bond acceptors (Lipinski definition) is 2. The first kappa shape index (κ1) is 15.3. The van der Waals surface area contributed by atoms with Gasteiger partial charge >= 0.3 is 0 Å². The Morgan fingerprint density at radius 1 is 1.15 bits per heavy atom. The molecule has 2 fully saturated rings. The van der Waals surface area contributed by atoms with Gasteiger partial charge in [-0.2, -0.15) is 0 Å². The average Bonchev–Trinajstić information content (AvgIpc) is 2.64. The van der Waals surface area contributed by atoms with Crippen LogP contribution in [0, 0.1) is 11.3 Å². The van der Waals surface area contributed by atoms with Crippen molar-refractivity contribution in [1.29, 1.82) is 0 Å². The SMILES string of the molecule is CC(C)(C)[C@H]1CCC[C@@H](NC(=O)[C@H]2CCC(=O)N2)CC1. The fourth-order valence-corrected chi connectivity index (χ4v) is 3.42. The molecule has 0 spiro atoms. The van der Waals surface area contributed by atoms with Gasteiger partial charge in [-0.1, -0.05) is 27.2 Å². The number of carbonyl (C=O) groups is 2. The van der Waals surface area contributed by atoms with E-state index in [-0.39, 0.29) is 23.9 Å². The predicted octanol–water partition coefficient (Wildman–Crippen LogP) is 2.38. The van der Waals surface area contributed by atoms with Crippen molar-refractivity contribution < 1.29 is 9.59 Å². The maximum absolute atomic E-state index is 12.1. The molecule has 2 aliphatic rings. The molecular formula is C16H28N2O2. The lowest BCUT2D eigenvalue weighted by atomic mass is 9.76. The predicted molar refractivity (Wildman–Crippen MR) is 79.1 cm³/mol. The summed E-state index contributed by atoms with van der Waals surface area (Å²) >= 11 is 0. The molecule has 0 bridgehead atoms. The standard InChI is InChI=1S/C16H28N2O2/c1-16(2,3)11-5-4-6-12(8-7-11)17-15(20)13-9-10-14(19)18-13/h11-13H,4-10H2,1-3H3,(H,17,20)(H,18,19)/t11-,12+,13+/m0/s1. The van der Waals surface area contributed by atoms with E-state index in [0.717, 1.165) is 18.8 Å². The van der Waals surface area contributed by atoms with E-state index in [2.05, 4.69) is 31.4 Å². The number of hydrogen-bond donors (Lipinski definition) is 2. The lowest BCUT2D eigenvalue weighted by Crippen LogP contribution is -2.45. The van der Waals surface area contributed by atoms with Gasteiger partial charge in [-0.25, -0.2) is 0 Å². The van der Waals surface area contributed by atoms with E-state index in [1.54, 1.807) is 0 Å². The highest BCUT2D eigenvalue weighted by Gasteiger charge is 2.31. The molecule has 114 valence electrons. The molecule has 0 radical (unpaired) electrons. The van der Waals surface area contributed by atoms with Crippen LogP contribution in [0.3, 0.4) is 0 Å². The molecule has 2 amide bonds. The van der Waals surface area contributed by atoms with E-state index in [1.165, 1.54) is 19.3 Å². The number of nitrogens with one attached hydrogen (secondary N) is 2. The minimum atomic E-state index is -0.302. The van der Waals surface area contributed by atoms with Crippen molar-refractivity contribution in [2.45, 2.75) is 77.8 Å². The summed E-state index contributed by atoms with van der Waals surface area (Å²) in [5.41, 5.74) is 0.359. The van der Waals surface area contributed by atoms with E-state index < -0.39 is 0 Å². The van der Waals surface area contributed by atoms with Crippen LogP contribution in [0.25, 0.3) is 0 Å². The average molecular weight is 280 g/mol. The quantitative estimate of drug-likeness (QED) is 0.763. The van der Waals surface area contributed by atoms with Gasteiger partial charge in [0.2, 0.25) is 11.8 Å². The molecule has 4 nitrogen and oxygen atoms in total. The molecule has 4 heteroatoms.